The summed E-state index contributed by atoms with van der Waals surface area (Å²) in [6, 6.07) is 6.54. The first-order valence-electron chi connectivity index (χ1n) is 9.42. The molecule has 0 amide bonds. The van der Waals surface area contributed by atoms with Crippen LogP contribution in [0.1, 0.15) is 18.7 Å². The molecule has 1 unspecified atom stereocenters. The van der Waals surface area contributed by atoms with Gasteiger partial charge in [0.2, 0.25) is 10.0 Å². The van der Waals surface area contributed by atoms with Gasteiger partial charge in [-0.2, -0.15) is 4.31 Å². The molecule has 2 heterocycles. The number of sulfonamides is 1. The summed E-state index contributed by atoms with van der Waals surface area (Å²) in [7, 11) is 3.30. The van der Waals surface area contributed by atoms with Crippen LogP contribution in [0.3, 0.4) is 0 Å². The number of rotatable bonds is 8. The minimum atomic E-state index is -3.70. The van der Waals surface area contributed by atoms with Crippen molar-refractivity contribution in [1.82, 2.24) is 29.4 Å². The fourth-order valence-electron chi connectivity index (χ4n) is 3.73. The molecule has 11 heteroatoms. The van der Waals surface area contributed by atoms with Crippen LogP contribution in [0.25, 0.3) is 0 Å². The van der Waals surface area contributed by atoms with Gasteiger partial charge in [0.05, 0.1) is 30.7 Å². The highest BCUT2D eigenvalue weighted by atomic mass is 32.2. The van der Waals surface area contributed by atoms with Crippen LogP contribution in [0, 0.1) is 0 Å². The highest BCUT2D eigenvalue weighted by Gasteiger charge is 2.46. The summed E-state index contributed by atoms with van der Waals surface area (Å²) in [5.41, 5.74) is -0.637. The molecule has 1 fully saturated rings. The second-order valence-corrected chi connectivity index (χ2v) is 9.20. The minimum absolute atomic E-state index is 0.213. The first-order chi connectivity index (χ1) is 13.8. The molecule has 10 nitrogen and oxygen atoms in total. The molecular formula is C18H28N6O4S. The third-order valence-corrected chi connectivity index (χ3v) is 7.27. The zero-order chi connectivity index (χ0) is 21.1. The minimum Gasteiger partial charge on any atom is -0.497 e. The Labute approximate surface area is 171 Å². The lowest BCUT2D eigenvalue weighted by Crippen LogP contribution is -2.56. The van der Waals surface area contributed by atoms with Crippen molar-refractivity contribution in [1.29, 1.82) is 0 Å². The van der Waals surface area contributed by atoms with E-state index >= 15 is 0 Å². The predicted molar refractivity (Wildman–Crippen MR) is 106 cm³/mol. The number of hydrogen-bond acceptors (Lipinski definition) is 8. The van der Waals surface area contributed by atoms with E-state index in [0.29, 0.717) is 37.7 Å². The smallest absolute Gasteiger partial charge is 0.243 e. The summed E-state index contributed by atoms with van der Waals surface area (Å²) >= 11 is 0. The Bertz CT molecular complexity index is 932. The van der Waals surface area contributed by atoms with Gasteiger partial charge in [-0.15, -0.1) is 5.10 Å². The van der Waals surface area contributed by atoms with Crippen LogP contribution < -0.4 is 4.74 Å². The lowest BCUT2D eigenvalue weighted by Gasteiger charge is -2.45. The van der Waals surface area contributed by atoms with Crippen molar-refractivity contribution < 1.29 is 17.9 Å². The van der Waals surface area contributed by atoms with Crippen molar-refractivity contribution in [2.24, 2.45) is 0 Å². The Morgan fingerprint density at radius 1 is 1.28 bits per heavy atom. The van der Waals surface area contributed by atoms with E-state index in [1.54, 1.807) is 36.1 Å². The number of tetrazole rings is 1. The number of likely N-dealkylation sites (N-methyl/N-ethyl adjacent to an activating group) is 1. The molecule has 3 rings (SSSR count). The van der Waals surface area contributed by atoms with E-state index in [2.05, 4.69) is 15.5 Å². The molecule has 1 aliphatic heterocycles. The first-order valence-corrected chi connectivity index (χ1v) is 10.9. The molecule has 0 saturated carbocycles. The summed E-state index contributed by atoms with van der Waals surface area (Å²) in [6.45, 7) is 1.66. The molecule has 1 aromatic heterocycles. The molecule has 29 heavy (non-hydrogen) atoms. The Hall–Kier alpha value is -2.08. The fraction of sp³-hybridized carbons (Fsp3) is 0.611. The lowest BCUT2D eigenvalue weighted by atomic mass is 9.88. The van der Waals surface area contributed by atoms with Gasteiger partial charge in [-0.05, 0) is 49.5 Å². The van der Waals surface area contributed by atoms with Gasteiger partial charge in [-0.3, -0.25) is 4.90 Å². The van der Waals surface area contributed by atoms with Crippen LogP contribution in [-0.2, 0) is 26.8 Å². The molecule has 1 atom stereocenters. The molecule has 0 radical (unpaired) electrons. The number of nitrogens with zero attached hydrogens (tertiary/aromatic N) is 6. The first kappa shape index (κ1) is 21.6. The van der Waals surface area contributed by atoms with E-state index in [-0.39, 0.29) is 11.4 Å². The van der Waals surface area contributed by atoms with E-state index in [1.807, 2.05) is 19.0 Å². The van der Waals surface area contributed by atoms with Gasteiger partial charge in [-0.25, -0.2) is 13.1 Å². The molecule has 1 aromatic carbocycles. The second kappa shape index (κ2) is 8.74. The maximum atomic E-state index is 13.4. The highest BCUT2D eigenvalue weighted by Crippen LogP contribution is 2.37. The van der Waals surface area contributed by atoms with Gasteiger partial charge in [-0.1, -0.05) is 6.07 Å². The largest absolute Gasteiger partial charge is 0.497 e. The molecule has 1 saturated heterocycles. The van der Waals surface area contributed by atoms with Crippen molar-refractivity contribution in [3.8, 4) is 5.75 Å². The van der Waals surface area contributed by atoms with E-state index in [9.17, 15) is 8.42 Å². The number of benzene rings is 1. The lowest BCUT2D eigenvalue weighted by molar-refractivity contribution is 0.0620. The van der Waals surface area contributed by atoms with Crippen LogP contribution in [0.5, 0.6) is 5.75 Å². The number of aromatic nitrogens is 4. The van der Waals surface area contributed by atoms with Crippen molar-refractivity contribution in [3.63, 3.8) is 0 Å². The molecule has 0 aliphatic carbocycles. The third kappa shape index (κ3) is 4.13. The number of methoxy groups -OCH3 is 2. The average Bonchev–Trinajstić information content (AvgIpc) is 3.21. The topological polar surface area (TPSA) is 103 Å². The van der Waals surface area contributed by atoms with Gasteiger partial charge < -0.3 is 9.47 Å². The number of hydrogen-bond donors (Lipinski definition) is 0. The van der Waals surface area contributed by atoms with Gasteiger partial charge in [0, 0.05) is 26.3 Å². The van der Waals surface area contributed by atoms with E-state index in [1.165, 1.54) is 11.4 Å². The Balaban J connectivity index is 1.97. The average molecular weight is 425 g/mol. The maximum Gasteiger partial charge on any atom is 0.243 e. The summed E-state index contributed by atoms with van der Waals surface area (Å²) in [4.78, 5) is 2.22. The van der Waals surface area contributed by atoms with E-state index < -0.39 is 15.6 Å². The molecule has 0 spiro atoms. The number of ether oxygens (including phenoxy) is 2. The Morgan fingerprint density at radius 3 is 2.76 bits per heavy atom. The summed E-state index contributed by atoms with van der Waals surface area (Å²) in [5, 5.41) is 12.2. The second-order valence-electron chi connectivity index (χ2n) is 7.27. The van der Waals surface area contributed by atoms with Crippen molar-refractivity contribution in [2.45, 2.75) is 29.8 Å². The normalized spacial score (nSPS) is 20.9. The van der Waals surface area contributed by atoms with Gasteiger partial charge in [0.1, 0.15) is 5.75 Å². The predicted octanol–water partition coefficient (Wildman–Crippen LogP) is 0.570. The van der Waals surface area contributed by atoms with Crippen LogP contribution >= 0.6 is 0 Å². The number of piperidine rings is 1. The summed E-state index contributed by atoms with van der Waals surface area (Å²) < 4.78 is 40.3. The van der Waals surface area contributed by atoms with Crippen LogP contribution in [0.15, 0.2) is 29.2 Å². The maximum absolute atomic E-state index is 13.4. The standard InChI is InChI=1S/C18H28N6O4S/c1-22(2)18(17-19-20-21-24(17)11-12-27-3)9-6-10-23(14-18)29(25,26)16-8-5-7-15(13-16)28-4/h5,7-8,13H,6,9-12,14H2,1-4H3. The SMILES string of the molecule is COCCn1nnnc1C1(N(C)C)CCCN(S(=O)(=O)c2cccc(OC)c2)C1. The van der Waals surface area contributed by atoms with Gasteiger partial charge >= 0.3 is 0 Å². The molecule has 0 bridgehead atoms. The fourth-order valence-corrected chi connectivity index (χ4v) is 5.29. The highest BCUT2D eigenvalue weighted by molar-refractivity contribution is 7.89. The molecular weight excluding hydrogens is 396 g/mol. The Morgan fingerprint density at radius 2 is 2.07 bits per heavy atom. The summed E-state index contributed by atoms with van der Waals surface area (Å²) in [5.74, 6) is 1.15. The zero-order valence-corrected chi connectivity index (χ0v) is 18.1. The molecule has 0 N–H and O–H groups in total. The monoisotopic (exact) mass is 424 g/mol. The molecule has 160 valence electrons. The quantitative estimate of drug-likeness (QED) is 0.606. The van der Waals surface area contributed by atoms with Crippen LogP contribution in [-0.4, -0.2) is 85.8 Å². The molecule has 1 aliphatic rings. The van der Waals surface area contributed by atoms with Crippen molar-refractivity contribution in [3.05, 3.63) is 30.1 Å². The Kier molecular flexibility index (Phi) is 6.52. The van der Waals surface area contributed by atoms with Crippen molar-refractivity contribution >= 4 is 10.0 Å². The third-order valence-electron chi connectivity index (χ3n) is 5.43. The van der Waals surface area contributed by atoms with Crippen molar-refractivity contribution in [2.75, 3.05) is 48.0 Å². The molecule has 2 aromatic rings. The van der Waals surface area contributed by atoms with Crippen LogP contribution in [0.4, 0.5) is 0 Å². The van der Waals surface area contributed by atoms with Gasteiger partial charge in [0.15, 0.2) is 5.82 Å². The summed E-state index contributed by atoms with van der Waals surface area (Å²) in [6.07, 6.45) is 1.44. The van der Waals surface area contributed by atoms with Gasteiger partial charge in [0.25, 0.3) is 0 Å². The van der Waals surface area contributed by atoms with E-state index in [4.69, 9.17) is 9.47 Å². The van der Waals surface area contributed by atoms with E-state index in [0.717, 1.165) is 6.42 Å². The van der Waals surface area contributed by atoms with Crippen LogP contribution in [0.2, 0.25) is 0 Å². The zero-order valence-electron chi connectivity index (χ0n) is 17.3.